The molecule has 0 unspecified atom stereocenters. The third-order valence-corrected chi connectivity index (χ3v) is 3.99. The van der Waals surface area contributed by atoms with Gasteiger partial charge in [-0.15, -0.1) is 0 Å². The van der Waals surface area contributed by atoms with Gasteiger partial charge >= 0.3 is 0 Å². The summed E-state index contributed by atoms with van der Waals surface area (Å²) in [7, 11) is 0. The maximum Gasteiger partial charge on any atom is 0.266 e. The van der Waals surface area contributed by atoms with Crippen LogP contribution in [0.15, 0.2) is 78.4 Å². The molecule has 29 heavy (non-hydrogen) atoms. The van der Waals surface area contributed by atoms with Crippen LogP contribution in [0.1, 0.15) is 11.1 Å². The molecule has 0 aromatic heterocycles. The molecule has 0 heterocycles. The van der Waals surface area contributed by atoms with Crippen LogP contribution < -0.4 is 10.1 Å². The Morgan fingerprint density at radius 1 is 1.03 bits per heavy atom. The minimum absolute atomic E-state index is 0.0516. The zero-order chi connectivity index (χ0) is 20.6. The molecule has 0 aliphatic rings. The van der Waals surface area contributed by atoms with Crippen molar-refractivity contribution in [2.45, 2.75) is 6.61 Å². The fourth-order valence-electron chi connectivity index (χ4n) is 2.52. The van der Waals surface area contributed by atoms with Crippen molar-refractivity contribution in [2.24, 2.45) is 0 Å². The van der Waals surface area contributed by atoms with Crippen LogP contribution in [0, 0.1) is 23.0 Å². The summed E-state index contributed by atoms with van der Waals surface area (Å²) in [5.74, 6) is -0.922. The number of halogens is 2. The summed E-state index contributed by atoms with van der Waals surface area (Å²) in [6, 6.07) is 20.1. The molecule has 6 heteroatoms. The molecule has 1 N–H and O–H groups in total. The van der Waals surface area contributed by atoms with Crippen molar-refractivity contribution in [3.63, 3.8) is 0 Å². The second-order valence-corrected chi connectivity index (χ2v) is 6.08. The molecule has 3 rings (SSSR count). The van der Waals surface area contributed by atoms with Crippen LogP contribution in [0.3, 0.4) is 0 Å². The lowest BCUT2D eigenvalue weighted by Crippen LogP contribution is -2.13. The Bertz CT molecular complexity index is 1090. The molecule has 0 atom stereocenters. The third-order valence-electron chi connectivity index (χ3n) is 3.99. The van der Waals surface area contributed by atoms with E-state index < -0.39 is 11.7 Å². The number of amides is 1. The Morgan fingerprint density at radius 3 is 2.52 bits per heavy atom. The van der Waals surface area contributed by atoms with Crippen molar-refractivity contribution in [1.82, 2.24) is 0 Å². The van der Waals surface area contributed by atoms with Gasteiger partial charge in [0.15, 0.2) is 0 Å². The number of hydrogen-bond acceptors (Lipinski definition) is 3. The first-order valence-corrected chi connectivity index (χ1v) is 8.70. The molecule has 3 aromatic carbocycles. The van der Waals surface area contributed by atoms with Crippen LogP contribution >= 0.6 is 0 Å². The largest absolute Gasteiger partial charge is 0.489 e. The fraction of sp³-hybridized carbons (Fsp3) is 0.0435. The molecule has 4 nitrogen and oxygen atoms in total. The normalized spacial score (nSPS) is 10.9. The number of benzene rings is 3. The van der Waals surface area contributed by atoms with Gasteiger partial charge in [-0.25, -0.2) is 8.78 Å². The zero-order valence-corrected chi connectivity index (χ0v) is 15.2. The number of carbonyl (C=O) groups is 1. The van der Waals surface area contributed by atoms with Crippen molar-refractivity contribution < 1.29 is 18.3 Å². The maximum absolute atomic E-state index is 13.7. The van der Waals surface area contributed by atoms with Gasteiger partial charge in [-0.05, 0) is 54.1 Å². The number of nitrogens with one attached hydrogen (secondary N) is 1. The number of hydrogen-bond donors (Lipinski definition) is 1. The first-order valence-electron chi connectivity index (χ1n) is 8.70. The standard InChI is InChI=1S/C23H16F2N2O2/c24-19-8-10-20(11-9-19)27-23(28)18(14-26)12-16-4-3-6-21(13-16)29-15-17-5-1-2-7-22(17)25/h1-13H,15H2,(H,27,28)/b18-12-. The first kappa shape index (κ1) is 19.8. The lowest BCUT2D eigenvalue weighted by atomic mass is 10.1. The molecule has 144 valence electrons. The van der Waals surface area contributed by atoms with E-state index in [2.05, 4.69) is 5.32 Å². The molecule has 0 spiro atoms. The van der Waals surface area contributed by atoms with Gasteiger partial charge in [-0.2, -0.15) is 5.26 Å². The number of anilines is 1. The summed E-state index contributed by atoms with van der Waals surface area (Å²) in [6.45, 7) is 0.0516. The highest BCUT2D eigenvalue weighted by Crippen LogP contribution is 2.19. The van der Waals surface area contributed by atoms with Gasteiger partial charge < -0.3 is 10.1 Å². The molecule has 0 saturated carbocycles. The second kappa shape index (κ2) is 9.29. The van der Waals surface area contributed by atoms with Gasteiger partial charge in [-0.3, -0.25) is 4.79 Å². The van der Waals surface area contributed by atoms with Crippen LogP contribution in [0.2, 0.25) is 0 Å². The average molecular weight is 390 g/mol. The fourth-order valence-corrected chi connectivity index (χ4v) is 2.52. The minimum atomic E-state index is -0.614. The van der Waals surface area contributed by atoms with Gasteiger partial charge in [0.2, 0.25) is 0 Å². The number of carbonyl (C=O) groups excluding carboxylic acids is 1. The minimum Gasteiger partial charge on any atom is -0.489 e. The van der Waals surface area contributed by atoms with E-state index in [4.69, 9.17) is 4.74 Å². The van der Waals surface area contributed by atoms with Crippen LogP contribution in [-0.2, 0) is 11.4 Å². The first-order chi connectivity index (χ1) is 14.0. The quantitative estimate of drug-likeness (QED) is 0.471. The Hall–Kier alpha value is -3.98. The van der Waals surface area contributed by atoms with Crippen molar-refractivity contribution in [3.8, 4) is 11.8 Å². The second-order valence-electron chi connectivity index (χ2n) is 6.08. The Morgan fingerprint density at radius 2 is 1.79 bits per heavy atom. The number of nitriles is 1. The van der Waals surface area contributed by atoms with Crippen molar-refractivity contribution in [2.75, 3.05) is 5.32 Å². The molecule has 0 aliphatic carbocycles. The van der Waals surface area contributed by atoms with Crippen molar-refractivity contribution in [3.05, 3.63) is 101 Å². The van der Waals surface area contributed by atoms with E-state index in [0.29, 0.717) is 22.6 Å². The zero-order valence-electron chi connectivity index (χ0n) is 15.2. The van der Waals surface area contributed by atoms with Crippen LogP contribution in [0.5, 0.6) is 5.75 Å². The molecule has 0 saturated heterocycles. The van der Waals surface area contributed by atoms with Crippen LogP contribution in [0.25, 0.3) is 6.08 Å². The van der Waals surface area contributed by atoms with Gasteiger partial charge in [0, 0.05) is 11.3 Å². The molecule has 0 radical (unpaired) electrons. The monoisotopic (exact) mass is 390 g/mol. The molecular formula is C23H16F2N2O2. The molecular weight excluding hydrogens is 374 g/mol. The molecule has 0 aliphatic heterocycles. The number of nitrogens with zero attached hydrogens (tertiary/aromatic N) is 1. The highest BCUT2D eigenvalue weighted by Gasteiger charge is 2.10. The van der Waals surface area contributed by atoms with E-state index in [-0.39, 0.29) is 18.0 Å². The summed E-state index contributed by atoms with van der Waals surface area (Å²) in [6.07, 6.45) is 1.41. The van der Waals surface area contributed by atoms with Gasteiger partial charge in [0.05, 0.1) is 0 Å². The summed E-state index contributed by atoms with van der Waals surface area (Å²) in [5.41, 5.74) is 1.24. The van der Waals surface area contributed by atoms with E-state index in [0.717, 1.165) is 0 Å². The van der Waals surface area contributed by atoms with Crippen LogP contribution in [0.4, 0.5) is 14.5 Å². The predicted molar refractivity (Wildman–Crippen MR) is 106 cm³/mol. The van der Waals surface area contributed by atoms with Crippen molar-refractivity contribution in [1.29, 1.82) is 5.26 Å². The third kappa shape index (κ3) is 5.50. The highest BCUT2D eigenvalue weighted by molar-refractivity contribution is 6.09. The van der Waals surface area contributed by atoms with E-state index in [1.165, 1.54) is 36.4 Å². The Labute approximate surface area is 166 Å². The average Bonchev–Trinajstić information content (AvgIpc) is 2.73. The maximum atomic E-state index is 13.7. The van der Waals surface area contributed by atoms with E-state index in [1.54, 1.807) is 42.5 Å². The summed E-state index contributed by atoms with van der Waals surface area (Å²) in [5, 5.41) is 11.9. The van der Waals surface area contributed by atoms with E-state index >= 15 is 0 Å². The molecule has 3 aromatic rings. The summed E-state index contributed by atoms with van der Waals surface area (Å²) in [4.78, 5) is 12.3. The Kier molecular flexibility index (Phi) is 6.33. The van der Waals surface area contributed by atoms with Gasteiger partial charge in [0.25, 0.3) is 5.91 Å². The van der Waals surface area contributed by atoms with E-state index in [1.807, 2.05) is 6.07 Å². The SMILES string of the molecule is N#C/C(=C/c1cccc(OCc2ccccc2F)c1)C(=O)Nc1ccc(F)cc1. The molecule has 0 fully saturated rings. The summed E-state index contributed by atoms with van der Waals surface area (Å²) < 4.78 is 32.3. The molecule has 0 bridgehead atoms. The number of ether oxygens (including phenoxy) is 1. The summed E-state index contributed by atoms with van der Waals surface area (Å²) >= 11 is 0. The van der Waals surface area contributed by atoms with Gasteiger partial charge in [0.1, 0.15) is 35.6 Å². The lowest BCUT2D eigenvalue weighted by Gasteiger charge is -2.08. The van der Waals surface area contributed by atoms with E-state index in [9.17, 15) is 18.8 Å². The van der Waals surface area contributed by atoms with Gasteiger partial charge in [-0.1, -0.05) is 30.3 Å². The van der Waals surface area contributed by atoms with Crippen molar-refractivity contribution >= 4 is 17.7 Å². The molecule has 1 amide bonds. The lowest BCUT2D eigenvalue weighted by molar-refractivity contribution is -0.112. The smallest absolute Gasteiger partial charge is 0.266 e. The topological polar surface area (TPSA) is 62.1 Å². The predicted octanol–water partition coefficient (Wildman–Crippen LogP) is 5.09. The van der Waals surface area contributed by atoms with Crippen LogP contribution in [-0.4, -0.2) is 5.91 Å². The Balaban J connectivity index is 1.71. The highest BCUT2D eigenvalue weighted by atomic mass is 19.1. The number of rotatable bonds is 6.